The van der Waals surface area contributed by atoms with Crippen LogP contribution in [-0.4, -0.2) is 29.7 Å². The monoisotopic (exact) mass is 295 g/mol. The topological polar surface area (TPSA) is 38.2 Å². The lowest BCUT2D eigenvalue weighted by Gasteiger charge is -2.26. The molecule has 4 nitrogen and oxygen atoms in total. The van der Waals surface area contributed by atoms with Crippen LogP contribution < -0.4 is 9.64 Å². The van der Waals surface area contributed by atoms with E-state index in [-0.39, 0.29) is 0 Å². The van der Waals surface area contributed by atoms with Gasteiger partial charge in [-0.3, -0.25) is 4.98 Å². The number of ether oxygens (including phenoxy) is 1. The van der Waals surface area contributed by atoms with Crippen molar-refractivity contribution in [2.45, 2.75) is 25.7 Å². The quantitative estimate of drug-likeness (QED) is 0.873. The summed E-state index contributed by atoms with van der Waals surface area (Å²) in [6.07, 6.45) is 8.14. The lowest BCUT2D eigenvalue weighted by atomic mass is 9.92. The molecule has 1 aromatic heterocycles. The Morgan fingerprint density at radius 3 is 2.82 bits per heavy atom. The zero-order chi connectivity index (χ0) is 14.8. The van der Waals surface area contributed by atoms with Gasteiger partial charge in [-0.1, -0.05) is 18.2 Å². The number of nitrogens with zero attached hydrogens (tertiary/aromatic N) is 3. The van der Waals surface area contributed by atoms with Crippen molar-refractivity contribution in [1.82, 2.24) is 9.97 Å². The number of anilines is 1. The van der Waals surface area contributed by atoms with Gasteiger partial charge in [0.15, 0.2) is 0 Å². The maximum absolute atomic E-state index is 5.91. The first-order valence-corrected chi connectivity index (χ1v) is 8.16. The van der Waals surface area contributed by atoms with Gasteiger partial charge in [0.1, 0.15) is 11.6 Å². The number of para-hydroxylation sites is 1. The Bertz CT molecular complexity index is 652. The molecule has 2 aliphatic heterocycles. The first-order valence-electron chi connectivity index (χ1n) is 8.16. The molecular weight excluding hydrogens is 274 g/mol. The van der Waals surface area contributed by atoms with Crippen LogP contribution in [0.1, 0.15) is 24.1 Å². The van der Waals surface area contributed by atoms with Crippen molar-refractivity contribution >= 4 is 5.82 Å². The highest BCUT2D eigenvalue weighted by Gasteiger charge is 2.24. The fourth-order valence-corrected chi connectivity index (χ4v) is 3.49. The lowest BCUT2D eigenvalue weighted by Crippen LogP contribution is -2.26. The summed E-state index contributed by atoms with van der Waals surface area (Å²) in [5.74, 6) is 2.60. The second-order valence-electron chi connectivity index (χ2n) is 6.21. The molecule has 2 aromatic rings. The normalized spacial score (nSPS) is 20.5. The summed E-state index contributed by atoms with van der Waals surface area (Å²) in [4.78, 5) is 11.6. The standard InChI is InChI=1S/C18H21N3O/c1-2-6-17-15(5-1)11-14(13-22-17)12-16-18(20-8-7-19-16)21-9-3-4-10-21/h1-2,5-8,14H,3-4,9-13H2/t14-/m1/s1. The molecule has 114 valence electrons. The van der Waals surface area contributed by atoms with Gasteiger partial charge in [-0.15, -0.1) is 0 Å². The molecule has 1 aromatic carbocycles. The average Bonchev–Trinajstić information content (AvgIpc) is 3.10. The van der Waals surface area contributed by atoms with E-state index in [0.717, 1.165) is 49.8 Å². The Balaban J connectivity index is 1.52. The fourth-order valence-electron chi connectivity index (χ4n) is 3.49. The first kappa shape index (κ1) is 13.6. The summed E-state index contributed by atoms with van der Waals surface area (Å²) in [5, 5.41) is 0. The van der Waals surface area contributed by atoms with Crippen LogP contribution >= 0.6 is 0 Å². The summed E-state index contributed by atoms with van der Waals surface area (Å²) >= 11 is 0. The van der Waals surface area contributed by atoms with Gasteiger partial charge in [0.2, 0.25) is 0 Å². The Morgan fingerprint density at radius 1 is 1.09 bits per heavy atom. The zero-order valence-electron chi connectivity index (χ0n) is 12.7. The highest BCUT2D eigenvalue weighted by molar-refractivity contribution is 5.44. The third kappa shape index (κ3) is 2.65. The molecule has 4 rings (SSSR count). The second-order valence-corrected chi connectivity index (χ2v) is 6.21. The minimum atomic E-state index is 0.480. The van der Waals surface area contributed by atoms with E-state index in [0.29, 0.717) is 5.92 Å². The summed E-state index contributed by atoms with van der Waals surface area (Å²) in [6, 6.07) is 8.35. The van der Waals surface area contributed by atoms with Crippen molar-refractivity contribution in [2.24, 2.45) is 5.92 Å². The molecule has 0 radical (unpaired) electrons. The molecular formula is C18H21N3O. The Labute approximate surface area is 131 Å². The zero-order valence-corrected chi connectivity index (χ0v) is 12.7. The maximum atomic E-state index is 5.91. The second kappa shape index (κ2) is 5.95. The number of hydrogen-bond acceptors (Lipinski definition) is 4. The summed E-state index contributed by atoms with van der Waals surface area (Å²) < 4.78 is 5.91. The van der Waals surface area contributed by atoms with Gasteiger partial charge in [-0.25, -0.2) is 4.98 Å². The van der Waals surface area contributed by atoms with Crippen molar-refractivity contribution in [3.8, 4) is 5.75 Å². The van der Waals surface area contributed by atoms with E-state index in [1.807, 2.05) is 18.5 Å². The lowest BCUT2D eigenvalue weighted by molar-refractivity contribution is 0.220. The van der Waals surface area contributed by atoms with Crippen LogP contribution in [-0.2, 0) is 12.8 Å². The third-order valence-electron chi connectivity index (χ3n) is 4.60. The molecule has 1 saturated heterocycles. The van der Waals surface area contributed by atoms with Crippen LogP contribution in [0.15, 0.2) is 36.7 Å². The molecule has 0 aliphatic carbocycles. The third-order valence-corrected chi connectivity index (χ3v) is 4.60. The molecule has 3 heterocycles. The van der Waals surface area contributed by atoms with E-state index in [4.69, 9.17) is 4.74 Å². The molecule has 1 fully saturated rings. The van der Waals surface area contributed by atoms with E-state index in [9.17, 15) is 0 Å². The molecule has 4 heteroatoms. The number of rotatable bonds is 3. The SMILES string of the molecule is c1ccc2c(c1)C[C@H](Cc1nccnc1N1CCCC1)CO2. The predicted octanol–water partition coefficient (Wildman–Crippen LogP) is 2.87. The van der Waals surface area contributed by atoms with Crippen molar-refractivity contribution in [2.75, 3.05) is 24.6 Å². The van der Waals surface area contributed by atoms with Crippen LogP contribution in [0.25, 0.3) is 0 Å². The van der Waals surface area contributed by atoms with Gasteiger partial charge in [0, 0.05) is 31.4 Å². The molecule has 1 atom stereocenters. The molecule has 0 unspecified atom stereocenters. The summed E-state index contributed by atoms with van der Waals surface area (Å²) in [5.41, 5.74) is 2.43. The molecule has 0 N–H and O–H groups in total. The Kier molecular flexibility index (Phi) is 3.67. The van der Waals surface area contributed by atoms with Crippen molar-refractivity contribution in [3.05, 3.63) is 47.9 Å². The van der Waals surface area contributed by atoms with Gasteiger partial charge in [0.25, 0.3) is 0 Å². The van der Waals surface area contributed by atoms with Gasteiger partial charge in [-0.2, -0.15) is 0 Å². The van der Waals surface area contributed by atoms with Crippen LogP contribution in [0.4, 0.5) is 5.82 Å². The molecule has 0 saturated carbocycles. The van der Waals surface area contributed by atoms with Crippen molar-refractivity contribution in [1.29, 1.82) is 0 Å². The number of hydrogen-bond donors (Lipinski definition) is 0. The van der Waals surface area contributed by atoms with E-state index in [1.54, 1.807) is 0 Å². The van der Waals surface area contributed by atoms with Gasteiger partial charge in [-0.05, 0) is 37.3 Å². The van der Waals surface area contributed by atoms with Gasteiger partial charge < -0.3 is 9.64 Å². The van der Waals surface area contributed by atoms with Crippen LogP contribution in [0.2, 0.25) is 0 Å². The average molecular weight is 295 g/mol. The van der Waals surface area contributed by atoms with Crippen LogP contribution in [0.5, 0.6) is 5.75 Å². The predicted molar refractivity (Wildman–Crippen MR) is 86.3 cm³/mol. The van der Waals surface area contributed by atoms with Crippen LogP contribution in [0.3, 0.4) is 0 Å². The Hall–Kier alpha value is -2.10. The van der Waals surface area contributed by atoms with E-state index in [2.05, 4.69) is 33.1 Å². The first-order chi connectivity index (χ1) is 10.9. The summed E-state index contributed by atoms with van der Waals surface area (Å²) in [7, 11) is 0. The molecule has 0 spiro atoms. The number of fused-ring (bicyclic) bond motifs is 1. The van der Waals surface area contributed by atoms with Crippen molar-refractivity contribution in [3.63, 3.8) is 0 Å². The minimum Gasteiger partial charge on any atom is -0.493 e. The van der Waals surface area contributed by atoms with E-state index in [1.165, 1.54) is 18.4 Å². The highest BCUT2D eigenvalue weighted by atomic mass is 16.5. The maximum Gasteiger partial charge on any atom is 0.150 e. The minimum absolute atomic E-state index is 0.480. The molecule has 22 heavy (non-hydrogen) atoms. The molecule has 0 amide bonds. The van der Waals surface area contributed by atoms with Gasteiger partial charge in [0.05, 0.1) is 12.3 Å². The summed E-state index contributed by atoms with van der Waals surface area (Å²) in [6.45, 7) is 2.98. The van der Waals surface area contributed by atoms with Crippen molar-refractivity contribution < 1.29 is 4.74 Å². The fraction of sp³-hybridized carbons (Fsp3) is 0.444. The van der Waals surface area contributed by atoms with E-state index >= 15 is 0 Å². The Morgan fingerprint density at radius 2 is 1.91 bits per heavy atom. The largest absolute Gasteiger partial charge is 0.493 e. The van der Waals surface area contributed by atoms with Gasteiger partial charge >= 0.3 is 0 Å². The molecule has 0 bridgehead atoms. The number of aromatic nitrogens is 2. The van der Waals surface area contributed by atoms with E-state index < -0.39 is 0 Å². The smallest absolute Gasteiger partial charge is 0.150 e. The highest BCUT2D eigenvalue weighted by Crippen LogP contribution is 2.30. The molecule has 2 aliphatic rings. The number of benzene rings is 1. The van der Waals surface area contributed by atoms with Crippen LogP contribution in [0, 0.1) is 5.92 Å².